The van der Waals surface area contributed by atoms with Crippen LogP contribution in [-0.4, -0.2) is 47.5 Å². The molecule has 1 aliphatic rings. The maximum atomic E-state index is 11.3. The number of Topliss-reactive ketones (excluding diaryl/α,β-unsaturated/α-hetero) is 1. The van der Waals surface area contributed by atoms with E-state index < -0.39 is 23.8 Å². The van der Waals surface area contributed by atoms with Crippen molar-refractivity contribution < 1.29 is 24.2 Å². The molecule has 90 valence electrons. The molecule has 0 aromatic rings. The molecular formula is C10H15NO5. The lowest BCUT2D eigenvalue weighted by Crippen LogP contribution is -2.41. The van der Waals surface area contributed by atoms with Gasteiger partial charge in [0.05, 0.1) is 6.61 Å². The van der Waals surface area contributed by atoms with Gasteiger partial charge in [-0.15, -0.1) is 0 Å². The second kappa shape index (κ2) is 5.48. The van der Waals surface area contributed by atoms with Gasteiger partial charge in [-0.05, 0) is 19.8 Å². The van der Waals surface area contributed by atoms with Gasteiger partial charge < -0.3 is 14.7 Å². The summed E-state index contributed by atoms with van der Waals surface area (Å²) in [6.07, 6.45) is 0.386. The third-order valence-corrected chi connectivity index (χ3v) is 2.60. The number of ketones is 1. The van der Waals surface area contributed by atoms with E-state index in [2.05, 4.69) is 0 Å². The monoisotopic (exact) mass is 229 g/mol. The molecule has 1 amide bonds. The van der Waals surface area contributed by atoms with Crippen LogP contribution < -0.4 is 0 Å². The average molecular weight is 229 g/mol. The molecule has 0 atom stereocenters. The number of carboxylic acids is 1. The van der Waals surface area contributed by atoms with E-state index in [1.165, 1.54) is 4.90 Å². The van der Waals surface area contributed by atoms with E-state index >= 15 is 0 Å². The molecule has 6 nitrogen and oxygen atoms in total. The minimum Gasteiger partial charge on any atom is -0.475 e. The number of carboxylic acid groups (broad SMARTS) is 1. The molecular weight excluding hydrogens is 214 g/mol. The minimum absolute atomic E-state index is 0.312. The molecule has 1 aliphatic heterocycles. The van der Waals surface area contributed by atoms with E-state index in [1.807, 2.05) is 0 Å². The summed E-state index contributed by atoms with van der Waals surface area (Å²) in [7, 11) is 0. The predicted octanol–water partition coefficient (Wildman–Crippen LogP) is 0.509. The third-order valence-electron chi connectivity index (χ3n) is 2.60. The van der Waals surface area contributed by atoms with Crippen molar-refractivity contribution in [3.05, 3.63) is 0 Å². The molecule has 1 heterocycles. The first-order valence-corrected chi connectivity index (χ1v) is 5.25. The molecule has 1 saturated heterocycles. The number of hydrogen-bond acceptors (Lipinski definition) is 4. The van der Waals surface area contributed by atoms with Gasteiger partial charge in [0, 0.05) is 19.0 Å². The molecule has 1 rings (SSSR count). The summed E-state index contributed by atoms with van der Waals surface area (Å²) in [5, 5.41) is 8.54. The molecule has 16 heavy (non-hydrogen) atoms. The zero-order valence-corrected chi connectivity index (χ0v) is 9.14. The van der Waals surface area contributed by atoms with E-state index in [-0.39, 0.29) is 0 Å². The van der Waals surface area contributed by atoms with E-state index in [4.69, 9.17) is 9.84 Å². The molecule has 0 aliphatic carbocycles. The highest BCUT2D eigenvalue weighted by molar-refractivity contribution is 6.33. The average Bonchev–Trinajstić information content (AvgIpc) is 2.28. The summed E-state index contributed by atoms with van der Waals surface area (Å²) >= 11 is 0. The van der Waals surface area contributed by atoms with Gasteiger partial charge in [0.15, 0.2) is 0 Å². The van der Waals surface area contributed by atoms with Crippen LogP contribution >= 0.6 is 0 Å². The van der Waals surface area contributed by atoms with Gasteiger partial charge in [-0.25, -0.2) is 9.59 Å². The van der Waals surface area contributed by atoms with Crippen LogP contribution in [-0.2, 0) is 14.3 Å². The highest BCUT2D eigenvalue weighted by atomic mass is 16.6. The topological polar surface area (TPSA) is 83.9 Å². The smallest absolute Gasteiger partial charge is 0.409 e. The van der Waals surface area contributed by atoms with Crippen LogP contribution in [0.3, 0.4) is 0 Å². The molecule has 0 aromatic heterocycles. The standard InChI is InChI=1S/C10H15NO5/c1-2-16-10(15)11-5-3-7(4-6-11)8(12)9(13)14/h7H,2-6H2,1H3,(H,13,14). The van der Waals surface area contributed by atoms with Crippen molar-refractivity contribution in [3.8, 4) is 0 Å². The Hall–Kier alpha value is -1.59. The number of piperidine rings is 1. The highest BCUT2D eigenvalue weighted by Gasteiger charge is 2.30. The fourth-order valence-corrected chi connectivity index (χ4v) is 1.71. The molecule has 0 radical (unpaired) electrons. The Bertz CT molecular complexity index is 294. The normalized spacial score (nSPS) is 16.9. The van der Waals surface area contributed by atoms with Crippen molar-refractivity contribution in [2.24, 2.45) is 5.92 Å². The van der Waals surface area contributed by atoms with Gasteiger partial charge >= 0.3 is 12.1 Å². The summed E-state index contributed by atoms with van der Waals surface area (Å²) < 4.78 is 4.81. The molecule has 0 saturated carbocycles. The van der Waals surface area contributed by atoms with Crippen LogP contribution in [0.1, 0.15) is 19.8 Å². The first-order valence-electron chi connectivity index (χ1n) is 5.25. The Morgan fingerprint density at radius 2 is 1.88 bits per heavy atom. The fraction of sp³-hybridized carbons (Fsp3) is 0.700. The Morgan fingerprint density at radius 3 is 2.31 bits per heavy atom. The lowest BCUT2D eigenvalue weighted by Gasteiger charge is -2.29. The second-order valence-corrected chi connectivity index (χ2v) is 3.63. The summed E-state index contributed by atoms with van der Waals surface area (Å²) in [6, 6.07) is 0. The minimum atomic E-state index is -1.39. The quantitative estimate of drug-likeness (QED) is 0.713. The van der Waals surface area contributed by atoms with Gasteiger partial charge in [0.1, 0.15) is 0 Å². The Balaban J connectivity index is 2.42. The first-order chi connectivity index (χ1) is 7.56. The third kappa shape index (κ3) is 2.95. The van der Waals surface area contributed by atoms with Crippen LogP contribution in [0.4, 0.5) is 4.79 Å². The van der Waals surface area contributed by atoms with Gasteiger partial charge in [0.2, 0.25) is 5.78 Å². The largest absolute Gasteiger partial charge is 0.475 e. The number of hydrogen-bond donors (Lipinski definition) is 1. The molecule has 0 bridgehead atoms. The lowest BCUT2D eigenvalue weighted by molar-refractivity contribution is -0.151. The number of carbonyl (C=O) groups is 3. The SMILES string of the molecule is CCOC(=O)N1CCC(C(=O)C(=O)O)CC1. The Kier molecular flexibility index (Phi) is 4.28. The van der Waals surface area contributed by atoms with Crippen molar-refractivity contribution in [2.45, 2.75) is 19.8 Å². The van der Waals surface area contributed by atoms with Crippen molar-refractivity contribution in [1.29, 1.82) is 0 Å². The maximum Gasteiger partial charge on any atom is 0.409 e. The second-order valence-electron chi connectivity index (χ2n) is 3.63. The number of ether oxygens (including phenoxy) is 1. The number of aliphatic carboxylic acids is 1. The van der Waals surface area contributed by atoms with Crippen LogP contribution in [0.5, 0.6) is 0 Å². The van der Waals surface area contributed by atoms with Gasteiger partial charge in [-0.3, -0.25) is 4.79 Å². The van der Waals surface area contributed by atoms with Gasteiger partial charge in [-0.2, -0.15) is 0 Å². The molecule has 6 heteroatoms. The Morgan fingerprint density at radius 1 is 1.31 bits per heavy atom. The number of nitrogens with zero attached hydrogens (tertiary/aromatic N) is 1. The predicted molar refractivity (Wildman–Crippen MR) is 54.0 cm³/mol. The Labute approximate surface area is 93.2 Å². The molecule has 0 unspecified atom stereocenters. The van der Waals surface area contributed by atoms with E-state index in [9.17, 15) is 14.4 Å². The molecule has 0 spiro atoms. The summed E-state index contributed by atoms with van der Waals surface area (Å²) in [5.41, 5.74) is 0. The molecule has 0 aromatic carbocycles. The van der Waals surface area contributed by atoms with Crippen LogP contribution in [0.25, 0.3) is 0 Å². The lowest BCUT2D eigenvalue weighted by atomic mass is 9.93. The number of carbonyl (C=O) groups excluding carboxylic acids is 2. The summed E-state index contributed by atoms with van der Waals surface area (Å²) in [4.78, 5) is 34.4. The highest BCUT2D eigenvalue weighted by Crippen LogP contribution is 2.18. The number of likely N-dealkylation sites (tertiary alicyclic amines) is 1. The van der Waals surface area contributed by atoms with Crippen molar-refractivity contribution in [3.63, 3.8) is 0 Å². The van der Waals surface area contributed by atoms with Crippen LogP contribution in [0, 0.1) is 5.92 Å². The first kappa shape index (κ1) is 12.5. The number of amides is 1. The van der Waals surface area contributed by atoms with E-state index in [0.29, 0.717) is 32.5 Å². The van der Waals surface area contributed by atoms with Gasteiger partial charge in [0.25, 0.3) is 0 Å². The van der Waals surface area contributed by atoms with Crippen molar-refractivity contribution in [1.82, 2.24) is 4.90 Å². The fourth-order valence-electron chi connectivity index (χ4n) is 1.71. The summed E-state index contributed by atoms with van der Waals surface area (Å²) in [5.74, 6) is -2.62. The summed E-state index contributed by atoms with van der Waals surface area (Å²) in [6.45, 7) is 2.79. The molecule has 1 fully saturated rings. The van der Waals surface area contributed by atoms with Crippen molar-refractivity contribution >= 4 is 17.8 Å². The zero-order chi connectivity index (χ0) is 12.1. The van der Waals surface area contributed by atoms with E-state index in [0.717, 1.165) is 0 Å². The van der Waals surface area contributed by atoms with E-state index in [1.54, 1.807) is 6.92 Å². The number of rotatable bonds is 3. The van der Waals surface area contributed by atoms with Crippen LogP contribution in [0.2, 0.25) is 0 Å². The molecule has 1 N–H and O–H groups in total. The maximum absolute atomic E-state index is 11.3. The van der Waals surface area contributed by atoms with Crippen LogP contribution in [0.15, 0.2) is 0 Å². The van der Waals surface area contributed by atoms with Gasteiger partial charge in [-0.1, -0.05) is 0 Å². The zero-order valence-electron chi connectivity index (χ0n) is 9.14. The van der Waals surface area contributed by atoms with Crippen molar-refractivity contribution in [2.75, 3.05) is 19.7 Å².